The smallest absolute Gasteiger partial charge is 0.255 e. The van der Waals surface area contributed by atoms with Gasteiger partial charge in [0.25, 0.3) is 5.91 Å². The van der Waals surface area contributed by atoms with Gasteiger partial charge in [-0.1, -0.05) is 11.6 Å². The lowest BCUT2D eigenvalue weighted by Gasteiger charge is -2.06. The van der Waals surface area contributed by atoms with Gasteiger partial charge in [0.05, 0.1) is 7.11 Å². The fraction of sp³-hybridized carbons (Fsp3) is 0.0769. The molecule has 0 atom stereocenters. The van der Waals surface area contributed by atoms with Gasteiger partial charge in [-0.05, 0) is 30.3 Å². The molecule has 2 rings (SSSR count). The molecule has 1 aromatic heterocycles. The van der Waals surface area contributed by atoms with E-state index in [-0.39, 0.29) is 5.91 Å². The number of halogens is 1. The number of benzene rings is 1. The summed E-state index contributed by atoms with van der Waals surface area (Å²) in [4.78, 5) is 15.9. The molecule has 0 aliphatic rings. The topological polar surface area (TPSA) is 51.2 Å². The predicted octanol–water partition coefficient (Wildman–Crippen LogP) is 3.00. The van der Waals surface area contributed by atoms with Crippen LogP contribution < -0.4 is 10.1 Å². The van der Waals surface area contributed by atoms with E-state index in [0.717, 1.165) is 0 Å². The second kappa shape index (κ2) is 5.51. The Labute approximate surface area is 110 Å². The lowest BCUT2D eigenvalue weighted by atomic mass is 10.2. The van der Waals surface area contributed by atoms with Crippen LogP contribution in [-0.2, 0) is 0 Å². The first-order chi connectivity index (χ1) is 8.69. The number of aromatic nitrogens is 1. The van der Waals surface area contributed by atoms with E-state index in [2.05, 4.69) is 10.3 Å². The molecule has 1 heterocycles. The number of methoxy groups -OCH3 is 1. The molecule has 4 nitrogen and oxygen atoms in total. The largest absolute Gasteiger partial charge is 0.481 e. The normalized spacial score (nSPS) is 9.89. The van der Waals surface area contributed by atoms with Gasteiger partial charge in [0, 0.05) is 28.5 Å². The van der Waals surface area contributed by atoms with Crippen molar-refractivity contribution in [1.29, 1.82) is 0 Å². The van der Waals surface area contributed by atoms with Gasteiger partial charge in [-0.25, -0.2) is 4.98 Å². The Bertz CT molecular complexity index is 555. The molecule has 0 radical (unpaired) electrons. The van der Waals surface area contributed by atoms with Gasteiger partial charge in [0.1, 0.15) is 0 Å². The highest BCUT2D eigenvalue weighted by atomic mass is 35.5. The van der Waals surface area contributed by atoms with Crippen LogP contribution in [0.2, 0.25) is 5.02 Å². The number of pyridine rings is 1. The zero-order chi connectivity index (χ0) is 13.0. The SMILES string of the molecule is COc1cc(C(=O)Nc2ccc(Cl)cc2)ccn1. The van der Waals surface area contributed by atoms with Gasteiger partial charge >= 0.3 is 0 Å². The summed E-state index contributed by atoms with van der Waals surface area (Å²) >= 11 is 5.77. The summed E-state index contributed by atoms with van der Waals surface area (Å²) in [5.74, 6) is 0.178. The van der Waals surface area contributed by atoms with Crippen molar-refractivity contribution in [2.45, 2.75) is 0 Å². The Morgan fingerprint density at radius 3 is 2.67 bits per heavy atom. The molecule has 0 aliphatic heterocycles. The number of rotatable bonds is 3. The zero-order valence-corrected chi connectivity index (χ0v) is 10.4. The van der Waals surface area contributed by atoms with Gasteiger partial charge in [-0.15, -0.1) is 0 Å². The predicted molar refractivity (Wildman–Crippen MR) is 70.2 cm³/mol. The van der Waals surface area contributed by atoms with Crippen molar-refractivity contribution in [3.8, 4) is 5.88 Å². The second-order valence-corrected chi connectivity index (χ2v) is 3.98. The molecule has 0 aliphatic carbocycles. The van der Waals surface area contributed by atoms with E-state index in [0.29, 0.717) is 22.2 Å². The highest BCUT2D eigenvalue weighted by molar-refractivity contribution is 6.30. The number of ether oxygens (including phenoxy) is 1. The number of carbonyl (C=O) groups excluding carboxylic acids is 1. The van der Waals surface area contributed by atoms with Crippen molar-refractivity contribution in [2.75, 3.05) is 12.4 Å². The molecule has 1 amide bonds. The lowest BCUT2D eigenvalue weighted by Crippen LogP contribution is -2.12. The minimum Gasteiger partial charge on any atom is -0.481 e. The van der Waals surface area contributed by atoms with Crippen molar-refractivity contribution < 1.29 is 9.53 Å². The third-order valence-corrected chi connectivity index (χ3v) is 2.56. The summed E-state index contributed by atoms with van der Waals surface area (Å²) in [6.07, 6.45) is 1.52. The lowest BCUT2D eigenvalue weighted by molar-refractivity contribution is 0.102. The minimum absolute atomic E-state index is 0.224. The van der Waals surface area contributed by atoms with Crippen molar-refractivity contribution in [1.82, 2.24) is 4.98 Å². The molecule has 0 spiro atoms. The highest BCUT2D eigenvalue weighted by Gasteiger charge is 2.07. The van der Waals surface area contributed by atoms with Crippen LogP contribution in [0.15, 0.2) is 42.6 Å². The second-order valence-electron chi connectivity index (χ2n) is 3.55. The number of hydrogen-bond acceptors (Lipinski definition) is 3. The van der Waals surface area contributed by atoms with E-state index in [1.54, 1.807) is 36.4 Å². The van der Waals surface area contributed by atoms with Crippen molar-refractivity contribution in [2.24, 2.45) is 0 Å². The van der Waals surface area contributed by atoms with Crippen LogP contribution in [0.5, 0.6) is 5.88 Å². The number of hydrogen-bond donors (Lipinski definition) is 1. The van der Waals surface area contributed by atoms with E-state index in [1.807, 2.05) is 0 Å². The van der Waals surface area contributed by atoms with Gasteiger partial charge in [-0.3, -0.25) is 4.79 Å². The Kier molecular flexibility index (Phi) is 3.79. The first-order valence-electron chi connectivity index (χ1n) is 5.26. The Hall–Kier alpha value is -2.07. The Morgan fingerprint density at radius 2 is 2.00 bits per heavy atom. The summed E-state index contributed by atoms with van der Waals surface area (Å²) in [6.45, 7) is 0. The summed E-state index contributed by atoms with van der Waals surface area (Å²) < 4.78 is 4.96. The Morgan fingerprint density at radius 1 is 1.28 bits per heavy atom. The van der Waals surface area contributed by atoms with Crippen molar-refractivity contribution >= 4 is 23.2 Å². The monoisotopic (exact) mass is 262 g/mol. The minimum atomic E-state index is -0.224. The number of carbonyl (C=O) groups is 1. The van der Waals surface area contributed by atoms with Gasteiger partial charge in [0.2, 0.25) is 5.88 Å². The molecule has 2 aromatic rings. The highest BCUT2D eigenvalue weighted by Crippen LogP contribution is 2.15. The van der Waals surface area contributed by atoms with E-state index in [9.17, 15) is 4.79 Å². The molecular formula is C13H11ClN2O2. The van der Waals surface area contributed by atoms with Crippen LogP contribution in [0.1, 0.15) is 10.4 Å². The average molecular weight is 263 g/mol. The molecule has 0 unspecified atom stereocenters. The van der Waals surface area contributed by atoms with Crippen LogP contribution in [0, 0.1) is 0 Å². The van der Waals surface area contributed by atoms with E-state index in [1.165, 1.54) is 13.3 Å². The fourth-order valence-electron chi connectivity index (χ4n) is 1.40. The maximum Gasteiger partial charge on any atom is 0.255 e. The maximum absolute atomic E-state index is 11.9. The third kappa shape index (κ3) is 2.99. The number of nitrogens with zero attached hydrogens (tertiary/aromatic N) is 1. The molecule has 1 N–H and O–H groups in total. The average Bonchev–Trinajstić information content (AvgIpc) is 2.41. The van der Waals surface area contributed by atoms with Crippen LogP contribution in [0.25, 0.3) is 0 Å². The summed E-state index contributed by atoms with van der Waals surface area (Å²) in [5.41, 5.74) is 1.16. The van der Waals surface area contributed by atoms with Gasteiger partial charge in [-0.2, -0.15) is 0 Å². The summed E-state index contributed by atoms with van der Waals surface area (Å²) in [7, 11) is 1.50. The Balaban J connectivity index is 2.14. The molecule has 0 saturated heterocycles. The van der Waals surface area contributed by atoms with Crippen molar-refractivity contribution in [3.63, 3.8) is 0 Å². The first kappa shape index (κ1) is 12.4. The van der Waals surface area contributed by atoms with E-state index >= 15 is 0 Å². The number of nitrogens with one attached hydrogen (secondary N) is 1. The van der Waals surface area contributed by atoms with Crippen LogP contribution in [0.4, 0.5) is 5.69 Å². The first-order valence-corrected chi connectivity index (χ1v) is 5.64. The van der Waals surface area contributed by atoms with Crippen LogP contribution in [0.3, 0.4) is 0 Å². The van der Waals surface area contributed by atoms with Crippen molar-refractivity contribution in [3.05, 3.63) is 53.2 Å². The number of amides is 1. The molecular weight excluding hydrogens is 252 g/mol. The summed E-state index contributed by atoms with van der Waals surface area (Å²) in [5, 5.41) is 3.38. The summed E-state index contributed by atoms with van der Waals surface area (Å²) in [6, 6.07) is 10.1. The third-order valence-electron chi connectivity index (χ3n) is 2.31. The van der Waals surface area contributed by atoms with Gasteiger partial charge < -0.3 is 10.1 Å². The number of anilines is 1. The molecule has 0 saturated carbocycles. The standard InChI is InChI=1S/C13H11ClN2O2/c1-18-12-8-9(6-7-15-12)13(17)16-11-4-2-10(14)3-5-11/h2-8H,1H3,(H,16,17). The molecule has 0 fully saturated rings. The fourth-order valence-corrected chi connectivity index (χ4v) is 1.52. The molecule has 92 valence electrons. The van der Waals surface area contributed by atoms with Crippen LogP contribution >= 0.6 is 11.6 Å². The van der Waals surface area contributed by atoms with Gasteiger partial charge in [0.15, 0.2) is 0 Å². The van der Waals surface area contributed by atoms with E-state index < -0.39 is 0 Å². The molecule has 18 heavy (non-hydrogen) atoms. The van der Waals surface area contributed by atoms with Crippen LogP contribution in [-0.4, -0.2) is 18.0 Å². The quantitative estimate of drug-likeness (QED) is 0.925. The zero-order valence-electron chi connectivity index (χ0n) is 9.68. The van der Waals surface area contributed by atoms with E-state index in [4.69, 9.17) is 16.3 Å². The molecule has 5 heteroatoms. The maximum atomic E-state index is 11.9. The molecule has 0 bridgehead atoms. The molecule has 1 aromatic carbocycles.